The molecule has 2 aromatic carbocycles. The molecular formula is C26H31N3O6S. The third-order valence-corrected chi connectivity index (χ3v) is 8.16. The highest BCUT2D eigenvalue weighted by Crippen LogP contribution is 2.30. The molecule has 0 radical (unpaired) electrons. The molecule has 1 N–H and O–H groups in total. The van der Waals surface area contributed by atoms with E-state index in [1.807, 2.05) is 4.90 Å². The van der Waals surface area contributed by atoms with Crippen molar-refractivity contribution in [1.29, 1.82) is 0 Å². The van der Waals surface area contributed by atoms with Crippen molar-refractivity contribution in [3.8, 4) is 11.5 Å². The minimum Gasteiger partial charge on any atom is -0.493 e. The number of nitrogens with one attached hydrogen (secondary N) is 1. The number of hydrogen-bond acceptors (Lipinski definition) is 6. The molecule has 10 heteroatoms. The van der Waals surface area contributed by atoms with E-state index >= 15 is 0 Å². The molecule has 0 saturated carbocycles. The van der Waals surface area contributed by atoms with Gasteiger partial charge in [-0.05, 0) is 37.0 Å². The second-order valence-electron chi connectivity index (χ2n) is 9.08. The largest absolute Gasteiger partial charge is 0.493 e. The SMILES string of the molecule is COc1ccc(NC(=O)CS(=O)(=O)c2cn(CC(=O)N3CCC(C)CC3)c3ccccc23)cc1OC. The van der Waals surface area contributed by atoms with Gasteiger partial charge in [0.05, 0.1) is 19.1 Å². The molecule has 36 heavy (non-hydrogen) atoms. The summed E-state index contributed by atoms with van der Waals surface area (Å²) < 4.78 is 38.7. The predicted molar refractivity (Wildman–Crippen MR) is 137 cm³/mol. The average molecular weight is 514 g/mol. The van der Waals surface area contributed by atoms with Gasteiger partial charge in [-0.1, -0.05) is 25.1 Å². The first-order valence-corrected chi connectivity index (χ1v) is 13.5. The smallest absolute Gasteiger partial charge is 0.242 e. The molecule has 1 aromatic heterocycles. The molecule has 4 rings (SSSR count). The number of piperidine rings is 1. The topological polar surface area (TPSA) is 107 Å². The summed E-state index contributed by atoms with van der Waals surface area (Å²) in [4.78, 5) is 27.5. The van der Waals surface area contributed by atoms with Crippen molar-refractivity contribution in [1.82, 2.24) is 9.47 Å². The Morgan fingerprint density at radius 2 is 1.72 bits per heavy atom. The number of benzene rings is 2. The number of carbonyl (C=O) groups excluding carboxylic acids is 2. The Hall–Kier alpha value is -3.53. The summed E-state index contributed by atoms with van der Waals surface area (Å²) in [5, 5.41) is 3.09. The minimum absolute atomic E-state index is 0.0284. The number of amides is 2. The van der Waals surface area contributed by atoms with Crippen LogP contribution in [-0.2, 0) is 26.0 Å². The Kier molecular flexibility index (Phi) is 7.53. The number of carbonyl (C=O) groups is 2. The van der Waals surface area contributed by atoms with Crippen LogP contribution in [0.15, 0.2) is 53.6 Å². The normalized spacial score (nSPS) is 14.6. The maximum Gasteiger partial charge on any atom is 0.242 e. The first-order chi connectivity index (χ1) is 17.2. The molecule has 1 aliphatic rings. The molecule has 1 fully saturated rings. The molecule has 192 valence electrons. The first kappa shape index (κ1) is 25.6. The molecule has 2 heterocycles. The summed E-state index contributed by atoms with van der Waals surface area (Å²) in [5.74, 6) is 0.0325. The fourth-order valence-electron chi connectivity index (χ4n) is 4.46. The van der Waals surface area contributed by atoms with Crippen molar-refractivity contribution >= 4 is 38.2 Å². The molecule has 0 spiro atoms. The van der Waals surface area contributed by atoms with Crippen LogP contribution in [0.1, 0.15) is 19.8 Å². The highest BCUT2D eigenvalue weighted by atomic mass is 32.2. The zero-order chi connectivity index (χ0) is 25.9. The van der Waals surface area contributed by atoms with E-state index < -0.39 is 21.5 Å². The zero-order valence-electron chi connectivity index (χ0n) is 20.7. The Labute approximate surface area is 210 Å². The van der Waals surface area contributed by atoms with E-state index in [1.165, 1.54) is 20.4 Å². The van der Waals surface area contributed by atoms with E-state index in [1.54, 1.807) is 47.0 Å². The van der Waals surface area contributed by atoms with Crippen LogP contribution in [0.25, 0.3) is 10.9 Å². The lowest BCUT2D eigenvalue weighted by Crippen LogP contribution is -2.39. The summed E-state index contributed by atoms with van der Waals surface area (Å²) in [5.41, 5.74) is 1.02. The van der Waals surface area contributed by atoms with Gasteiger partial charge >= 0.3 is 0 Å². The number of likely N-dealkylation sites (tertiary alicyclic amines) is 1. The second kappa shape index (κ2) is 10.6. The van der Waals surface area contributed by atoms with Crippen LogP contribution in [0.5, 0.6) is 11.5 Å². The summed E-state index contributed by atoms with van der Waals surface area (Å²) in [7, 11) is -1.02. The highest BCUT2D eigenvalue weighted by molar-refractivity contribution is 7.92. The van der Waals surface area contributed by atoms with Crippen LogP contribution >= 0.6 is 0 Å². The lowest BCUT2D eigenvalue weighted by atomic mass is 9.99. The van der Waals surface area contributed by atoms with Gasteiger partial charge in [0.1, 0.15) is 12.3 Å². The third kappa shape index (κ3) is 5.48. The molecular weight excluding hydrogens is 482 g/mol. The van der Waals surface area contributed by atoms with E-state index in [-0.39, 0.29) is 17.3 Å². The van der Waals surface area contributed by atoms with Crippen LogP contribution in [0, 0.1) is 5.92 Å². The molecule has 2 amide bonds. The quantitative estimate of drug-likeness (QED) is 0.495. The summed E-state index contributed by atoms with van der Waals surface area (Å²) in [6.45, 7) is 3.64. The summed E-state index contributed by atoms with van der Waals surface area (Å²) in [6.07, 6.45) is 3.40. The van der Waals surface area contributed by atoms with Crippen molar-refractivity contribution in [3.63, 3.8) is 0 Å². The molecule has 9 nitrogen and oxygen atoms in total. The number of nitrogens with zero attached hydrogens (tertiary/aromatic N) is 2. The van der Waals surface area contributed by atoms with Gasteiger partial charge < -0.3 is 24.3 Å². The summed E-state index contributed by atoms with van der Waals surface area (Å²) in [6, 6.07) is 11.8. The standard InChI is InChI=1S/C26H31N3O6S/c1-18-10-12-28(13-11-18)26(31)16-29-15-24(20-6-4-5-7-21(20)29)36(32,33)17-25(30)27-19-8-9-22(34-2)23(14-19)35-3/h4-9,14-15,18H,10-13,16-17H2,1-3H3,(H,27,30). The van der Waals surface area contributed by atoms with Crippen molar-refractivity contribution in [3.05, 3.63) is 48.7 Å². The van der Waals surface area contributed by atoms with Gasteiger partial charge in [-0.15, -0.1) is 0 Å². The Balaban J connectivity index is 1.54. The number of para-hydroxylation sites is 1. The molecule has 1 aliphatic heterocycles. The number of aromatic nitrogens is 1. The number of methoxy groups -OCH3 is 2. The minimum atomic E-state index is -4.00. The summed E-state index contributed by atoms with van der Waals surface area (Å²) >= 11 is 0. The Morgan fingerprint density at radius 3 is 2.42 bits per heavy atom. The number of rotatable bonds is 8. The van der Waals surface area contributed by atoms with Crippen molar-refractivity contribution in [2.75, 3.05) is 38.4 Å². The molecule has 0 atom stereocenters. The maximum atomic E-state index is 13.3. The van der Waals surface area contributed by atoms with Crippen LogP contribution in [0.2, 0.25) is 0 Å². The average Bonchev–Trinajstić information content (AvgIpc) is 3.23. The van der Waals surface area contributed by atoms with Gasteiger partial charge in [-0.3, -0.25) is 9.59 Å². The molecule has 1 saturated heterocycles. The molecule has 0 bridgehead atoms. The van der Waals surface area contributed by atoms with Gasteiger partial charge in [0.25, 0.3) is 0 Å². The van der Waals surface area contributed by atoms with Crippen molar-refractivity contribution in [2.24, 2.45) is 5.92 Å². The molecule has 3 aromatic rings. The van der Waals surface area contributed by atoms with E-state index in [0.29, 0.717) is 47.1 Å². The van der Waals surface area contributed by atoms with E-state index in [9.17, 15) is 18.0 Å². The van der Waals surface area contributed by atoms with Gasteiger partial charge in [-0.25, -0.2) is 8.42 Å². The number of anilines is 1. The maximum absolute atomic E-state index is 13.3. The van der Waals surface area contributed by atoms with Crippen LogP contribution < -0.4 is 14.8 Å². The van der Waals surface area contributed by atoms with E-state index in [0.717, 1.165) is 12.8 Å². The van der Waals surface area contributed by atoms with Crippen molar-refractivity contribution < 1.29 is 27.5 Å². The first-order valence-electron chi connectivity index (χ1n) is 11.8. The predicted octanol–water partition coefficient (Wildman–Crippen LogP) is 3.33. The Morgan fingerprint density at radius 1 is 1.03 bits per heavy atom. The lowest BCUT2D eigenvalue weighted by molar-refractivity contribution is -0.133. The van der Waals surface area contributed by atoms with Crippen LogP contribution in [0.3, 0.4) is 0 Å². The number of hydrogen-bond donors (Lipinski definition) is 1. The third-order valence-electron chi connectivity index (χ3n) is 6.52. The fraction of sp³-hybridized carbons (Fsp3) is 0.385. The van der Waals surface area contributed by atoms with Gasteiger partial charge in [0.2, 0.25) is 11.8 Å². The van der Waals surface area contributed by atoms with E-state index in [4.69, 9.17) is 9.47 Å². The van der Waals surface area contributed by atoms with Crippen LogP contribution in [0.4, 0.5) is 5.69 Å². The van der Waals surface area contributed by atoms with Crippen molar-refractivity contribution in [2.45, 2.75) is 31.2 Å². The monoisotopic (exact) mass is 513 g/mol. The van der Waals surface area contributed by atoms with Gasteiger partial charge in [0, 0.05) is 41.9 Å². The van der Waals surface area contributed by atoms with Crippen LogP contribution in [-0.4, -0.2) is 62.8 Å². The number of fused-ring (bicyclic) bond motifs is 1. The lowest BCUT2D eigenvalue weighted by Gasteiger charge is -2.30. The highest BCUT2D eigenvalue weighted by Gasteiger charge is 2.26. The molecule has 0 aliphatic carbocycles. The molecule has 0 unspecified atom stereocenters. The fourth-order valence-corrected chi connectivity index (χ4v) is 5.83. The number of ether oxygens (including phenoxy) is 2. The second-order valence-corrected chi connectivity index (χ2v) is 11.0. The van der Waals surface area contributed by atoms with E-state index in [2.05, 4.69) is 12.2 Å². The zero-order valence-corrected chi connectivity index (χ0v) is 21.5. The van der Waals surface area contributed by atoms with Gasteiger partial charge in [0.15, 0.2) is 21.3 Å². The Bertz CT molecular complexity index is 1370. The number of sulfone groups is 1. The van der Waals surface area contributed by atoms with Gasteiger partial charge in [-0.2, -0.15) is 0 Å².